The van der Waals surface area contributed by atoms with Crippen molar-refractivity contribution in [3.63, 3.8) is 0 Å². The van der Waals surface area contributed by atoms with E-state index < -0.39 is 16.0 Å². The van der Waals surface area contributed by atoms with Crippen LogP contribution in [0.15, 0.2) is 23.1 Å². The molecule has 1 fully saturated rings. The molecule has 1 heterocycles. The minimum absolute atomic E-state index is 0.0350. The van der Waals surface area contributed by atoms with Crippen molar-refractivity contribution < 1.29 is 23.1 Å². The average Bonchev–Trinajstić information content (AvgIpc) is 2.39. The molecule has 1 aromatic carbocycles. The highest BCUT2D eigenvalue weighted by molar-refractivity contribution is 14.1. The summed E-state index contributed by atoms with van der Waals surface area (Å²) in [5.74, 6) is -1.14. The summed E-state index contributed by atoms with van der Waals surface area (Å²) >= 11 is 1.89. The maximum Gasteiger partial charge on any atom is 0.335 e. The third kappa shape index (κ3) is 3.07. The summed E-state index contributed by atoms with van der Waals surface area (Å²) in [7, 11) is -3.67. The molecular formula is C11H12INO5S. The molecule has 0 atom stereocenters. The van der Waals surface area contributed by atoms with Crippen molar-refractivity contribution in [2.75, 3.05) is 26.3 Å². The molecule has 0 unspecified atom stereocenters. The van der Waals surface area contributed by atoms with Crippen molar-refractivity contribution in [3.8, 4) is 0 Å². The number of rotatable bonds is 3. The normalized spacial score (nSPS) is 17.3. The van der Waals surface area contributed by atoms with Crippen LogP contribution in [-0.4, -0.2) is 50.1 Å². The van der Waals surface area contributed by atoms with Crippen molar-refractivity contribution in [1.29, 1.82) is 0 Å². The Bertz CT molecular complexity index is 595. The van der Waals surface area contributed by atoms with Gasteiger partial charge in [0.15, 0.2) is 0 Å². The van der Waals surface area contributed by atoms with Gasteiger partial charge < -0.3 is 9.84 Å². The number of aromatic carboxylic acids is 1. The third-order valence-corrected chi connectivity index (χ3v) is 6.01. The molecule has 1 saturated heterocycles. The molecule has 0 saturated carbocycles. The van der Waals surface area contributed by atoms with Gasteiger partial charge in [-0.25, -0.2) is 13.2 Å². The van der Waals surface area contributed by atoms with Gasteiger partial charge in [-0.15, -0.1) is 0 Å². The predicted octanol–water partition coefficient (Wildman–Crippen LogP) is 1.01. The van der Waals surface area contributed by atoms with E-state index in [1.54, 1.807) is 0 Å². The van der Waals surface area contributed by atoms with E-state index >= 15 is 0 Å². The molecule has 8 heteroatoms. The van der Waals surface area contributed by atoms with Crippen LogP contribution in [0.2, 0.25) is 0 Å². The Kier molecular flexibility index (Phi) is 4.43. The van der Waals surface area contributed by atoms with E-state index in [9.17, 15) is 13.2 Å². The van der Waals surface area contributed by atoms with Crippen LogP contribution in [-0.2, 0) is 14.8 Å². The molecule has 0 amide bonds. The van der Waals surface area contributed by atoms with E-state index in [4.69, 9.17) is 9.84 Å². The Labute approximate surface area is 124 Å². The summed E-state index contributed by atoms with van der Waals surface area (Å²) < 4.78 is 31.9. The Morgan fingerprint density at radius 2 is 1.95 bits per heavy atom. The highest BCUT2D eigenvalue weighted by atomic mass is 127. The lowest BCUT2D eigenvalue weighted by molar-refractivity contribution is 0.0696. The molecule has 1 aliphatic rings. The summed E-state index contributed by atoms with van der Waals surface area (Å²) in [6.07, 6.45) is 0. The predicted molar refractivity (Wildman–Crippen MR) is 75.7 cm³/mol. The van der Waals surface area contributed by atoms with Gasteiger partial charge in [-0.1, -0.05) is 0 Å². The van der Waals surface area contributed by atoms with Crippen LogP contribution in [0.25, 0.3) is 0 Å². The minimum Gasteiger partial charge on any atom is -0.478 e. The van der Waals surface area contributed by atoms with Gasteiger partial charge in [0.25, 0.3) is 0 Å². The largest absolute Gasteiger partial charge is 0.478 e. The second-order valence-corrected chi connectivity index (χ2v) is 7.04. The summed E-state index contributed by atoms with van der Waals surface area (Å²) in [4.78, 5) is 11.0. The Morgan fingerprint density at radius 1 is 1.32 bits per heavy atom. The number of hydrogen-bond donors (Lipinski definition) is 1. The third-order valence-electron chi connectivity index (χ3n) is 2.77. The lowest BCUT2D eigenvalue weighted by Gasteiger charge is -2.26. The topological polar surface area (TPSA) is 83.9 Å². The van der Waals surface area contributed by atoms with Crippen LogP contribution in [0.5, 0.6) is 0 Å². The fraction of sp³-hybridized carbons (Fsp3) is 0.364. The van der Waals surface area contributed by atoms with Crippen LogP contribution in [0.4, 0.5) is 0 Å². The van der Waals surface area contributed by atoms with Gasteiger partial charge in [0, 0.05) is 16.7 Å². The van der Waals surface area contributed by atoms with E-state index in [1.807, 2.05) is 22.6 Å². The zero-order valence-electron chi connectivity index (χ0n) is 9.87. The van der Waals surface area contributed by atoms with Crippen molar-refractivity contribution in [1.82, 2.24) is 4.31 Å². The summed E-state index contributed by atoms with van der Waals surface area (Å²) in [6, 6.07) is 4.09. The first-order chi connectivity index (χ1) is 8.93. The molecule has 0 spiro atoms. The summed E-state index contributed by atoms with van der Waals surface area (Å²) in [5.41, 5.74) is -0.0350. The van der Waals surface area contributed by atoms with Gasteiger partial charge >= 0.3 is 5.97 Å². The van der Waals surface area contributed by atoms with Crippen LogP contribution in [0.3, 0.4) is 0 Å². The fourth-order valence-electron chi connectivity index (χ4n) is 1.76. The van der Waals surface area contributed by atoms with Gasteiger partial charge in [-0.05, 0) is 40.8 Å². The monoisotopic (exact) mass is 397 g/mol. The number of sulfonamides is 1. The molecule has 1 aliphatic heterocycles. The van der Waals surface area contributed by atoms with Crippen molar-refractivity contribution in [2.24, 2.45) is 0 Å². The van der Waals surface area contributed by atoms with Crippen molar-refractivity contribution >= 4 is 38.6 Å². The fourth-order valence-corrected chi connectivity index (χ4v) is 4.43. The average molecular weight is 397 g/mol. The lowest BCUT2D eigenvalue weighted by Crippen LogP contribution is -2.40. The van der Waals surface area contributed by atoms with Crippen LogP contribution in [0, 0.1) is 3.57 Å². The highest BCUT2D eigenvalue weighted by Gasteiger charge is 2.28. The zero-order chi connectivity index (χ0) is 14.0. The molecule has 0 radical (unpaired) electrons. The van der Waals surface area contributed by atoms with Gasteiger partial charge in [0.1, 0.15) is 0 Å². The highest BCUT2D eigenvalue weighted by Crippen LogP contribution is 2.24. The van der Waals surface area contributed by atoms with Gasteiger partial charge in [0.05, 0.1) is 23.7 Å². The number of carboxylic acids is 1. The summed E-state index contributed by atoms with van der Waals surface area (Å²) in [6.45, 7) is 1.29. The number of halogens is 1. The maximum absolute atomic E-state index is 12.5. The molecule has 0 bridgehead atoms. The SMILES string of the molecule is O=C(O)c1ccc(I)c(S(=O)(=O)N2CCOCC2)c1. The Balaban J connectivity index is 2.44. The number of morpholine rings is 1. The van der Waals surface area contributed by atoms with Crippen LogP contribution in [0.1, 0.15) is 10.4 Å². The van der Waals surface area contributed by atoms with Crippen molar-refractivity contribution in [2.45, 2.75) is 4.90 Å². The van der Waals surface area contributed by atoms with Crippen molar-refractivity contribution in [3.05, 3.63) is 27.3 Å². The van der Waals surface area contributed by atoms with Gasteiger partial charge in [0.2, 0.25) is 10.0 Å². The second kappa shape index (κ2) is 5.73. The number of carbonyl (C=O) groups is 1. The number of nitrogens with zero attached hydrogens (tertiary/aromatic N) is 1. The van der Waals surface area contributed by atoms with E-state index in [0.29, 0.717) is 16.8 Å². The summed E-state index contributed by atoms with van der Waals surface area (Å²) in [5, 5.41) is 8.95. The molecular weight excluding hydrogens is 385 g/mol. The molecule has 6 nitrogen and oxygen atoms in total. The van der Waals surface area contributed by atoms with E-state index in [2.05, 4.69) is 0 Å². The van der Waals surface area contributed by atoms with Crippen LogP contribution >= 0.6 is 22.6 Å². The molecule has 19 heavy (non-hydrogen) atoms. The number of carboxylic acid groups (broad SMARTS) is 1. The molecule has 104 valence electrons. The molecule has 1 aromatic rings. The standard InChI is InChI=1S/C11H12INO5S/c12-9-2-1-8(11(14)15)7-10(9)19(16,17)13-3-5-18-6-4-13/h1-2,7H,3-6H2,(H,14,15). The van der Waals surface area contributed by atoms with Gasteiger partial charge in [-0.3, -0.25) is 0 Å². The first kappa shape index (κ1) is 14.7. The molecule has 2 rings (SSSR count). The minimum atomic E-state index is -3.67. The van der Waals surface area contributed by atoms with E-state index in [1.165, 1.54) is 22.5 Å². The Hall–Kier alpha value is -0.710. The quantitative estimate of drug-likeness (QED) is 0.770. The molecule has 0 aliphatic carbocycles. The van der Waals surface area contributed by atoms with E-state index in [-0.39, 0.29) is 23.5 Å². The lowest BCUT2D eigenvalue weighted by atomic mass is 10.2. The second-order valence-electron chi connectivity index (χ2n) is 3.97. The van der Waals surface area contributed by atoms with Crippen LogP contribution < -0.4 is 0 Å². The number of ether oxygens (including phenoxy) is 1. The smallest absolute Gasteiger partial charge is 0.335 e. The van der Waals surface area contributed by atoms with Gasteiger partial charge in [-0.2, -0.15) is 4.31 Å². The first-order valence-corrected chi connectivity index (χ1v) is 8.05. The van der Waals surface area contributed by atoms with E-state index in [0.717, 1.165) is 0 Å². The first-order valence-electron chi connectivity index (χ1n) is 5.53. The number of benzene rings is 1. The maximum atomic E-state index is 12.5. The Morgan fingerprint density at radius 3 is 2.53 bits per heavy atom. The zero-order valence-corrected chi connectivity index (χ0v) is 12.8. The molecule has 0 aromatic heterocycles. The molecule has 1 N–H and O–H groups in total. The number of hydrogen-bond acceptors (Lipinski definition) is 4.